The predicted molar refractivity (Wildman–Crippen MR) is 92.9 cm³/mol. The smallest absolute Gasteiger partial charge is 0.224 e. The Morgan fingerprint density at radius 1 is 1.13 bits per heavy atom. The standard InChI is InChI=1S/C15H24N2O4S.ClH/c1-3-22(19,20)14-6-4-13(5-7-14)12-15(18)17-9-8-16-10-11-21-2;/h4-7,16H,3,8-12H2,1-2H3,(H,17,18);1H. The number of carbonyl (C=O) groups is 1. The summed E-state index contributed by atoms with van der Waals surface area (Å²) in [5.74, 6) is -0.0113. The van der Waals surface area contributed by atoms with Gasteiger partial charge in [0.1, 0.15) is 0 Å². The third-order valence-corrected chi connectivity index (χ3v) is 4.88. The Morgan fingerprint density at radius 3 is 2.35 bits per heavy atom. The summed E-state index contributed by atoms with van der Waals surface area (Å²) in [6, 6.07) is 6.46. The maximum absolute atomic E-state index is 11.8. The van der Waals surface area contributed by atoms with E-state index in [1.165, 1.54) is 0 Å². The lowest BCUT2D eigenvalue weighted by Gasteiger charge is -2.07. The fraction of sp³-hybridized carbons (Fsp3) is 0.533. The molecule has 0 unspecified atom stereocenters. The lowest BCUT2D eigenvalue weighted by molar-refractivity contribution is -0.120. The average Bonchev–Trinajstić information content (AvgIpc) is 2.51. The van der Waals surface area contributed by atoms with Crippen molar-refractivity contribution in [1.82, 2.24) is 10.6 Å². The molecule has 1 amide bonds. The monoisotopic (exact) mass is 364 g/mol. The van der Waals surface area contributed by atoms with Gasteiger partial charge in [-0.05, 0) is 17.7 Å². The van der Waals surface area contributed by atoms with Gasteiger partial charge in [-0.25, -0.2) is 8.42 Å². The molecule has 8 heteroatoms. The quantitative estimate of drug-likeness (QED) is 0.600. The Balaban J connectivity index is 0.00000484. The van der Waals surface area contributed by atoms with Crippen molar-refractivity contribution in [2.75, 3.05) is 39.1 Å². The summed E-state index contributed by atoms with van der Waals surface area (Å²) in [5, 5.41) is 5.93. The van der Waals surface area contributed by atoms with Gasteiger partial charge >= 0.3 is 0 Å². The zero-order valence-electron chi connectivity index (χ0n) is 13.5. The SMILES string of the molecule is CCS(=O)(=O)c1ccc(CC(=O)NCCNCCOC)cc1.Cl. The minimum Gasteiger partial charge on any atom is -0.383 e. The number of ether oxygens (including phenoxy) is 1. The highest BCUT2D eigenvalue weighted by Gasteiger charge is 2.11. The summed E-state index contributed by atoms with van der Waals surface area (Å²) in [6.07, 6.45) is 0.241. The highest BCUT2D eigenvalue weighted by atomic mass is 35.5. The third-order valence-electron chi connectivity index (χ3n) is 3.13. The molecule has 0 radical (unpaired) electrons. The van der Waals surface area contributed by atoms with Gasteiger partial charge < -0.3 is 15.4 Å². The minimum absolute atomic E-state index is 0. The van der Waals surface area contributed by atoms with Crippen LogP contribution < -0.4 is 10.6 Å². The number of benzene rings is 1. The molecule has 0 aliphatic heterocycles. The van der Waals surface area contributed by atoms with Crippen LogP contribution in [0.15, 0.2) is 29.2 Å². The molecule has 1 aromatic rings. The summed E-state index contributed by atoms with van der Waals surface area (Å²) in [6.45, 7) is 4.23. The summed E-state index contributed by atoms with van der Waals surface area (Å²) >= 11 is 0. The fourth-order valence-electron chi connectivity index (χ4n) is 1.82. The van der Waals surface area contributed by atoms with Crippen molar-refractivity contribution < 1.29 is 17.9 Å². The Kier molecular flexibility index (Phi) is 10.8. The lowest BCUT2D eigenvalue weighted by Crippen LogP contribution is -2.33. The Bertz CT molecular complexity index is 561. The molecule has 0 saturated carbocycles. The number of nitrogens with one attached hydrogen (secondary N) is 2. The molecule has 0 spiro atoms. The summed E-state index contributed by atoms with van der Waals surface area (Å²) in [4.78, 5) is 12.1. The van der Waals surface area contributed by atoms with Crippen LogP contribution in [0.2, 0.25) is 0 Å². The third kappa shape index (κ3) is 8.31. The van der Waals surface area contributed by atoms with Crippen LogP contribution >= 0.6 is 12.4 Å². The molecule has 0 aliphatic carbocycles. The molecule has 132 valence electrons. The van der Waals surface area contributed by atoms with E-state index in [4.69, 9.17) is 4.74 Å². The van der Waals surface area contributed by atoms with Crippen LogP contribution in [0, 0.1) is 0 Å². The zero-order valence-corrected chi connectivity index (χ0v) is 15.1. The van der Waals surface area contributed by atoms with Crippen molar-refractivity contribution in [2.24, 2.45) is 0 Å². The van der Waals surface area contributed by atoms with Crippen LogP contribution in [0.1, 0.15) is 12.5 Å². The molecule has 6 nitrogen and oxygen atoms in total. The van der Waals surface area contributed by atoms with Crippen molar-refractivity contribution >= 4 is 28.2 Å². The van der Waals surface area contributed by atoms with Gasteiger partial charge in [0, 0.05) is 26.7 Å². The molecule has 23 heavy (non-hydrogen) atoms. The number of halogens is 1. The predicted octanol–water partition coefficient (Wildman–Crippen LogP) is 0.797. The van der Waals surface area contributed by atoms with Crippen LogP contribution in [0.25, 0.3) is 0 Å². The molecule has 2 N–H and O–H groups in total. The summed E-state index contributed by atoms with van der Waals surface area (Å²) in [5.41, 5.74) is 0.792. The van der Waals surface area contributed by atoms with Gasteiger partial charge in [-0.15, -0.1) is 12.4 Å². The van der Waals surface area contributed by atoms with Crippen LogP contribution in [-0.4, -0.2) is 53.4 Å². The number of hydrogen-bond donors (Lipinski definition) is 2. The second-order valence-corrected chi connectivity index (χ2v) is 7.10. The average molecular weight is 365 g/mol. The Hall–Kier alpha value is -1.15. The van der Waals surface area contributed by atoms with Gasteiger partial charge in [-0.2, -0.15) is 0 Å². The van der Waals surface area contributed by atoms with E-state index in [-0.39, 0.29) is 30.5 Å². The van der Waals surface area contributed by atoms with Gasteiger partial charge in [0.15, 0.2) is 9.84 Å². The van der Waals surface area contributed by atoms with Crippen molar-refractivity contribution in [1.29, 1.82) is 0 Å². The van der Waals surface area contributed by atoms with E-state index in [0.29, 0.717) is 24.6 Å². The van der Waals surface area contributed by atoms with Crippen molar-refractivity contribution in [3.63, 3.8) is 0 Å². The molecule has 0 aliphatic rings. The van der Waals surface area contributed by atoms with Gasteiger partial charge in [0.05, 0.1) is 23.7 Å². The van der Waals surface area contributed by atoms with Gasteiger partial charge in [-0.1, -0.05) is 19.1 Å². The second kappa shape index (κ2) is 11.4. The highest BCUT2D eigenvalue weighted by molar-refractivity contribution is 7.91. The van der Waals surface area contributed by atoms with Crippen molar-refractivity contribution in [2.45, 2.75) is 18.2 Å². The van der Waals surface area contributed by atoms with E-state index in [1.54, 1.807) is 38.3 Å². The van der Waals surface area contributed by atoms with Crippen LogP contribution in [0.3, 0.4) is 0 Å². The molecule has 0 heterocycles. The number of rotatable bonds is 10. The number of hydrogen-bond acceptors (Lipinski definition) is 5. The molecule has 0 fully saturated rings. The lowest BCUT2D eigenvalue weighted by atomic mass is 10.1. The normalized spacial score (nSPS) is 10.9. The van der Waals surface area contributed by atoms with E-state index in [0.717, 1.165) is 12.1 Å². The Morgan fingerprint density at radius 2 is 1.78 bits per heavy atom. The maximum Gasteiger partial charge on any atom is 0.224 e. The van der Waals surface area contributed by atoms with E-state index in [2.05, 4.69) is 10.6 Å². The largest absolute Gasteiger partial charge is 0.383 e. The van der Waals surface area contributed by atoms with Crippen molar-refractivity contribution in [3.05, 3.63) is 29.8 Å². The van der Waals surface area contributed by atoms with E-state index in [9.17, 15) is 13.2 Å². The molecule has 0 bridgehead atoms. The topological polar surface area (TPSA) is 84.5 Å². The molecule has 0 saturated heterocycles. The number of carbonyl (C=O) groups excluding carboxylic acids is 1. The molecule has 0 atom stereocenters. The number of amides is 1. The van der Waals surface area contributed by atoms with E-state index < -0.39 is 9.84 Å². The molecular formula is C15H25ClN2O4S. The van der Waals surface area contributed by atoms with E-state index >= 15 is 0 Å². The first kappa shape index (κ1) is 21.9. The summed E-state index contributed by atoms with van der Waals surface area (Å²) < 4.78 is 28.3. The van der Waals surface area contributed by atoms with Gasteiger partial charge in [-0.3, -0.25) is 4.79 Å². The van der Waals surface area contributed by atoms with Gasteiger partial charge in [0.2, 0.25) is 5.91 Å². The number of sulfone groups is 1. The molecular weight excluding hydrogens is 340 g/mol. The first-order valence-electron chi connectivity index (χ1n) is 7.27. The van der Waals surface area contributed by atoms with Crippen LogP contribution in [0.4, 0.5) is 0 Å². The van der Waals surface area contributed by atoms with Crippen LogP contribution in [0.5, 0.6) is 0 Å². The number of methoxy groups -OCH3 is 1. The molecule has 0 aromatic heterocycles. The van der Waals surface area contributed by atoms with Crippen LogP contribution in [-0.2, 0) is 25.8 Å². The fourth-order valence-corrected chi connectivity index (χ4v) is 2.70. The molecule has 1 aromatic carbocycles. The van der Waals surface area contributed by atoms with Crippen molar-refractivity contribution in [3.8, 4) is 0 Å². The first-order chi connectivity index (χ1) is 10.5. The Labute approximate surface area is 144 Å². The second-order valence-electron chi connectivity index (χ2n) is 4.82. The van der Waals surface area contributed by atoms with E-state index in [1.807, 2.05) is 0 Å². The maximum atomic E-state index is 11.8. The first-order valence-corrected chi connectivity index (χ1v) is 8.93. The zero-order chi connectivity index (χ0) is 16.4. The minimum atomic E-state index is -3.19. The highest BCUT2D eigenvalue weighted by Crippen LogP contribution is 2.12. The summed E-state index contributed by atoms with van der Waals surface area (Å²) in [7, 11) is -1.55. The molecule has 1 rings (SSSR count). The van der Waals surface area contributed by atoms with Gasteiger partial charge in [0.25, 0.3) is 0 Å².